The average Bonchev–Trinajstić information content (AvgIpc) is 3.17. The van der Waals surface area contributed by atoms with Crippen LogP contribution in [0.2, 0.25) is 0 Å². The van der Waals surface area contributed by atoms with E-state index in [-0.39, 0.29) is 17.5 Å². The summed E-state index contributed by atoms with van der Waals surface area (Å²) in [5.41, 5.74) is 1.23. The van der Waals surface area contributed by atoms with E-state index in [1.165, 1.54) is 11.3 Å². The highest BCUT2D eigenvalue weighted by molar-refractivity contribution is 7.17. The van der Waals surface area contributed by atoms with E-state index in [2.05, 4.69) is 15.6 Å². The van der Waals surface area contributed by atoms with Gasteiger partial charge in [0.1, 0.15) is 0 Å². The summed E-state index contributed by atoms with van der Waals surface area (Å²) < 4.78 is 6.40. The number of nitrogens with one attached hydrogen (secondary N) is 2. The number of aromatic nitrogens is 1. The third kappa shape index (κ3) is 4.05. The summed E-state index contributed by atoms with van der Waals surface area (Å²) in [5.74, 6) is -0.113. The second kappa shape index (κ2) is 8.50. The topological polar surface area (TPSA) is 80.3 Å². The summed E-state index contributed by atoms with van der Waals surface area (Å²) in [6.07, 6.45) is 3.44. The van der Waals surface area contributed by atoms with Gasteiger partial charge in [-0.25, -0.2) is 4.98 Å². The molecule has 4 rings (SSSR count). The Hall–Kier alpha value is -2.77. The molecule has 0 atom stereocenters. The van der Waals surface area contributed by atoms with Crippen molar-refractivity contribution in [1.29, 1.82) is 0 Å². The number of hydrogen-bond acceptors (Lipinski definition) is 5. The van der Waals surface area contributed by atoms with E-state index < -0.39 is 0 Å². The van der Waals surface area contributed by atoms with Crippen molar-refractivity contribution in [3.8, 4) is 0 Å². The lowest BCUT2D eigenvalue weighted by atomic mass is 10.0. The largest absolute Gasteiger partial charge is 0.381 e. The van der Waals surface area contributed by atoms with E-state index in [0.29, 0.717) is 23.7 Å². The Balaban J connectivity index is 1.47. The molecule has 2 N–H and O–H groups in total. The first-order valence-corrected chi connectivity index (χ1v) is 10.2. The van der Waals surface area contributed by atoms with Crippen LogP contribution in [0.1, 0.15) is 33.7 Å². The number of amides is 2. The molecular formula is C21H21N3O3S. The van der Waals surface area contributed by atoms with Crippen molar-refractivity contribution in [3.05, 3.63) is 59.2 Å². The minimum Gasteiger partial charge on any atom is -0.381 e. The molecule has 0 unspecified atom stereocenters. The third-order valence-corrected chi connectivity index (χ3v) is 5.85. The smallest absolute Gasteiger partial charge is 0.272 e. The maximum absolute atomic E-state index is 12.8. The lowest BCUT2D eigenvalue weighted by Crippen LogP contribution is -2.33. The van der Waals surface area contributed by atoms with Crippen LogP contribution in [0.5, 0.6) is 0 Å². The van der Waals surface area contributed by atoms with Gasteiger partial charge in [-0.1, -0.05) is 18.2 Å². The molecule has 0 saturated carbocycles. The van der Waals surface area contributed by atoms with Crippen LogP contribution in [-0.4, -0.2) is 36.6 Å². The van der Waals surface area contributed by atoms with Gasteiger partial charge < -0.3 is 15.4 Å². The van der Waals surface area contributed by atoms with Gasteiger partial charge in [-0.2, -0.15) is 0 Å². The second-order valence-corrected chi connectivity index (χ2v) is 7.68. The van der Waals surface area contributed by atoms with Crippen molar-refractivity contribution in [2.75, 3.05) is 25.1 Å². The van der Waals surface area contributed by atoms with Crippen LogP contribution in [0, 0.1) is 5.92 Å². The van der Waals surface area contributed by atoms with Crippen molar-refractivity contribution < 1.29 is 14.3 Å². The number of carbonyl (C=O) groups is 2. The number of pyridine rings is 1. The Morgan fingerprint density at radius 3 is 2.79 bits per heavy atom. The zero-order chi connectivity index (χ0) is 19.3. The van der Waals surface area contributed by atoms with Crippen LogP contribution in [0.25, 0.3) is 10.1 Å². The Bertz CT molecular complexity index is 995. The predicted molar refractivity (Wildman–Crippen MR) is 110 cm³/mol. The van der Waals surface area contributed by atoms with Crippen LogP contribution in [0.3, 0.4) is 0 Å². The van der Waals surface area contributed by atoms with Crippen LogP contribution < -0.4 is 10.6 Å². The minimum absolute atomic E-state index is 0.224. The first-order valence-electron chi connectivity index (χ1n) is 9.31. The van der Waals surface area contributed by atoms with E-state index in [1.54, 1.807) is 18.3 Å². The minimum atomic E-state index is -0.280. The average molecular weight is 395 g/mol. The molecule has 7 heteroatoms. The van der Waals surface area contributed by atoms with Crippen molar-refractivity contribution in [2.45, 2.75) is 12.8 Å². The molecule has 1 saturated heterocycles. The molecule has 0 bridgehead atoms. The Morgan fingerprint density at radius 1 is 1.11 bits per heavy atom. The number of anilines is 1. The van der Waals surface area contributed by atoms with Gasteiger partial charge in [-0.15, -0.1) is 11.3 Å². The van der Waals surface area contributed by atoms with Crippen LogP contribution in [0.15, 0.2) is 48.0 Å². The number of nitrogens with zero attached hydrogens (tertiary/aromatic N) is 1. The lowest BCUT2D eigenvalue weighted by molar-refractivity contribution is 0.0642. The summed E-state index contributed by atoms with van der Waals surface area (Å²) in [6, 6.07) is 11.2. The van der Waals surface area contributed by atoms with Gasteiger partial charge >= 0.3 is 0 Å². The summed E-state index contributed by atoms with van der Waals surface area (Å²) >= 11 is 1.52. The van der Waals surface area contributed by atoms with E-state index in [1.807, 2.05) is 29.6 Å². The number of hydrogen-bond donors (Lipinski definition) is 2. The van der Waals surface area contributed by atoms with Gasteiger partial charge in [-0.05, 0) is 37.0 Å². The maximum atomic E-state index is 12.8. The molecule has 3 aromatic rings. The molecule has 1 aliphatic rings. The van der Waals surface area contributed by atoms with Gasteiger partial charge in [0.2, 0.25) is 0 Å². The van der Waals surface area contributed by atoms with Crippen molar-refractivity contribution in [1.82, 2.24) is 10.3 Å². The summed E-state index contributed by atoms with van der Waals surface area (Å²) in [5, 5.41) is 8.53. The monoisotopic (exact) mass is 395 g/mol. The molecule has 3 heterocycles. The Morgan fingerprint density at radius 2 is 1.93 bits per heavy atom. The van der Waals surface area contributed by atoms with Crippen LogP contribution in [0.4, 0.5) is 5.69 Å². The van der Waals surface area contributed by atoms with Crippen molar-refractivity contribution in [3.63, 3.8) is 0 Å². The highest BCUT2D eigenvalue weighted by Gasteiger charge is 2.19. The van der Waals surface area contributed by atoms with Crippen LogP contribution >= 0.6 is 11.3 Å². The molecular weight excluding hydrogens is 374 g/mol. The zero-order valence-electron chi connectivity index (χ0n) is 15.3. The number of thiophene rings is 1. The first-order chi connectivity index (χ1) is 13.7. The maximum Gasteiger partial charge on any atom is 0.272 e. The fourth-order valence-corrected chi connectivity index (χ4v) is 4.24. The molecule has 2 amide bonds. The molecule has 1 fully saturated rings. The van der Waals surface area contributed by atoms with Gasteiger partial charge in [0, 0.05) is 41.4 Å². The van der Waals surface area contributed by atoms with Gasteiger partial charge in [0.25, 0.3) is 11.8 Å². The Labute approximate surface area is 166 Å². The lowest BCUT2D eigenvalue weighted by Gasteiger charge is -2.22. The normalized spacial score (nSPS) is 14.7. The van der Waals surface area contributed by atoms with Crippen molar-refractivity contribution >= 4 is 38.9 Å². The number of fused-ring (bicyclic) bond motifs is 1. The summed E-state index contributed by atoms with van der Waals surface area (Å²) in [6.45, 7) is 2.06. The van der Waals surface area contributed by atoms with Gasteiger partial charge in [0.05, 0.1) is 11.3 Å². The highest BCUT2D eigenvalue weighted by Crippen LogP contribution is 2.26. The molecule has 1 aromatic carbocycles. The SMILES string of the molecule is O=C(NCC1CCOCC1)c1ncccc1NC(=O)c1csc2ccccc12. The van der Waals surface area contributed by atoms with E-state index in [4.69, 9.17) is 4.74 Å². The molecule has 28 heavy (non-hydrogen) atoms. The summed E-state index contributed by atoms with van der Waals surface area (Å²) in [7, 11) is 0. The second-order valence-electron chi connectivity index (χ2n) is 6.77. The standard InChI is InChI=1S/C21H21N3O3S/c25-20(16-13-28-18-6-2-1-4-15(16)18)24-17-5-3-9-22-19(17)21(26)23-12-14-7-10-27-11-8-14/h1-6,9,13-14H,7-8,10-12H2,(H,23,26)(H,24,25). The fourth-order valence-electron chi connectivity index (χ4n) is 3.30. The van der Waals surface area contributed by atoms with E-state index in [0.717, 1.165) is 36.1 Å². The van der Waals surface area contributed by atoms with Crippen LogP contribution in [-0.2, 0) is 4.74 Å². The number of rotatable bonds is 5. The fraction of sp³-hybridized carbons (Fsp3) is 0.286. The quantitative estimate of drug-likeness (QED) is 0.690. The molecule has 0 radical (unpaired) electrons. The molecule has 6 nitrogen and oxygen atoms in total. The molecule has 144 valence electrons. The third-order valence-electron chi connectivity index (χ3n) is 4.89. The number of ether oxygens (including phenoxy) is 1. The van der Waals surface area contributed by atoms with Gasteiger partial charge in [-0.3, -0.25) is 9.59 Å². The molecule has 1 aliphatic heterocycles. The summed E-state index contributed by atoms with van der Waals surface area (Å²) in [4.78, 5) is 29.6. The molecule has 2 aromatic heterocycles. The Kier molecular flexibility index (Phi) is 5.64. The highest BCUT2D eigenvalue weighted by atomic mass is 32.1. The zero-order valence-corrected chi connectivity index (χ0v) is 16.1. The van der Waals surface area contributed by atoms with E-state index >= 15 is 0 Å². The van der Waals surface area contributed by atoms with E-state index in [9.17, 15) is 9.59 Å². The number of benzene rings is 1. The number of carbonyl (C=O) groups excluding carboxylic acids is 2. The first kappa shape index (κ1) is 18.6. The molecule has 0 spiro atoms. The van der Waals surface area contributed by atoms with Gasteiger partial charge in [0.15, 0.2) is 5.69 Å². The van der Waals surface area contributed by atoms with Crippen molar-refractivity contribution in [2.24, 2.45) is 5.92 Å². The molecule has 0 aliphatic carbocycles. The predicted octanol–water partition coefficient (Wildman–Crippen LogP) is 3.71.